The largest absolute Gasteiger partial charge is 0.493 e. The summed E-state index contributed by atoms with van der Waals surface area (Å²) in [5, 5.41) is 9.70. The molecule has 1 aromatic rings. The van der Waals surface area contributed by atoms with E-state index in [4.69, 9.17) is 4.74 Å². The van der Waals surface area contributed by atoms with Gasteiger partial charge < -0.3 is 9.84 Å². The number of rotatable bonds is 0. The zero-order valence-electron chi connectivity index (χ0n) is 8.00. The minimum atomic E-state index is -0.344. The zero-order chi connectivity index (χ0) is 9.42. The van der Waals surface area contributed by atoms with Gasteiger partial charge in [-0.25, -0.2) is 0 Å². The molecule has 1 aromatic carbocycles. The van der Waals surface area contributed by atoms with Gasteiger partial charge in [-0.05, 0) is 37.1 Å². The summed E-state index contributed by atoms with van der Waals surface area (Å²) >= 11 is 0. The summed E-state index contributed by atoms with van der Waals surface area (Å²) in [5.41, 5.74) is 3.37. The van der Waals surface area contributed by atoms with E-state index in [1.807, 2.05) is 12.1 Å². The average Bonchev–Trinajstić information content (AvgIpc) is 2.09. The Kier molecular flexibility index (Phi) is 2.00. The van der Waals surface area contributed by atoms with Gasteiger partial charge >= 0.3 is 0 Å². The number of aryl methyl sites for hydroxylation is 2. The highest BCUT2D eigenvalue weighted by molar-refractivity contribution is 5.43. The van der Waals surface area contributed by atoms with Crippen LogP contribution in [0.15, 0.2) is 12.1 Å². The Morgan fingerprint density at radius 3 is 2.77 bits per heavy atom. The number of fused-ring (bicyclic) bond motifs is 1. The van der Waals surface area contributed by atoms with Gasteiger partial charge in [-0.15, -0.1) is 0 Å². The summed E-state index contributed by atoms with van der Waals surface area (Å²) in [4.78, 5) is 0. The lowest BCUT2D eigenvalue weighted by Crippen LogP contribution is -2.14. The van der Waals surface area contributed by atoms with Gasteiger partial charge in [0.2, 0.25) is 0 Å². The van der Waals surface area contributed by atoms with E-state index in [2.05, 4.69) is 13.8 Å². The van der Waals surface area contributed by atoms with Crippen molar-refractivity contribution in [2.45, 2.75) is 26.4 Å². The molecule has 0 saturated carbocycles. The van der Waals surface area contributed by atoms with Crippen molar-refractivity contribution in [3.05, 3.63) is 28.8 Å². The second-order valence-electron chi connectivity index (χ2n) is 3.63. The van der Waals surface area contributed by atoms with Gasteiger partial charge in [-0.2, -0.15) is 0 Å². The normalized spacial score (nSPS) is 20.7. The van der Waals surface area contributed by atoms with Crippen LogP contribution in [-0.4, -0.2) is 11.7 Å². The highest BCUT2D eigenvalue weighted by Crippen LogP contribution is 2.33. The van der Waals surface area contributed by atoms with Crippen molar-refractivity contribution in [3.63, 3.8) is 0 Å². The molecule has 70 valence electrons. The van der Waals surface area contributed by atoms with Crippen LogP contribution in [0.5, 0.6) is 5.75 Å². The lowest BCUT2D eigenvalue weighted by Gasteiger charge is -2.23. The van der Waals surface area contributed by atoms with Crippen LogP contribution in [0.3, 0.4) is 0 Å². The molecule has 0 spiro atoms. The minimum absolute atomic E-state index is 0.344. The van der Waals surface area contributed by atoms with Crippen LogP contribution < -0.4 is 4.74 Å². The van der Waals surface area contributed by atoms with Gasteiger partial charge in [-0.3, -0.25) is 0 Å². The molecule has 0 saturated heterocycles. The van der Waals surface area contributed by atoms with Gasteiger partial charge in [0.15, 0.2) is 0 Å². The predicted octanol–water partition coefficient (Wildman–Crippen LogP) is 2.12. The van der Waals surface area contributed by atoms with Crippen LogP contribution in [0.4, 0.5) is 0 Å². The lowest BCUT2D eigenvalue weighted by atomic mass is 9.98. The summed E-state index contributed by atoms with van der Waals surface area (Å²) in [6, 6.07) is 4.03. The van der Waals surface area contributed by atoms with E-state index in [9.17, 15) is 5.11 Å². The maximum atomic E-state index is 9.70. The number of benzene rings is 1. The molecule has 0 bridgehead atoms. The van der Waals surface area contributed by atoms with E-state index in [-0.39, 0.29) is 6.10 Å². The Morgan fingerprint density at radius 1 is 1.31 bits per heavy atom. The summed E-state index contributed by atoms with van der Waals surface area (Å²) in [6.07, 6.45) is 0.359. The standard InChI is InChI=1S/C11H14O2/c1-7-5-9-10(12)3-4-13-11(9)6-8(7)2/h5-6,10,12H,3-4H2,1-2H3. The Labute approximate surface area is 78.2 Å². The van der Waals surface area contributed by atoms with Crippen LogP contribution in [0.25, 0.3) is 0 Å². The number of ether oxygens (including phenoxy) is 1. The summed E-state index contributed by atoms with van der Waals surface area (Å²) in [5.74, 6) is 0.849. The fraction of sp³-hybridized carbons (Fsp3) is 0.455. The van der Waals surface area contributed by atoms with Crippen molar-refractivity contribution in [2.24, 2.45) is 0 Å². The lowest BCUT2D eigenvalue weighted by molar-refractivity contribution is 0.115. The van der Waals surface area contributed by atoms with Crippen LogP contribution in [0.2, 0.25) is 0 Å². The fourth-order valence-electron chi connectivity index (χ4n) is 1.63. The highest BCUT2D eigenvalue weighted by atomic mass is 16.5. The summed E-state index contributed by atoms with van der Waals surface area (Å²) in [6.45, 7) is 4.73. The van der Waals surface area contributed by atoms with Crippen LogP contribution in [0, 0.1) is 13.8 Å². The maximum absolute atomic E-state index is 9.70. The van der Waals surface area contributed by atoms with Crippen molar-refractivity contribution in [1.82, 2.24) is 0 Å². The molecule has 1 N–H and O–H groups in total. The van der Waals surface area contributed by atoms with Gasteiger partial charge in [0.25, 0.3) is 0 Å². The Morgan fingerprint density at radius 2 is 2.00 bits per heavy atom. The minimum Gasteiger partial charge on any atom is -0.493 e. The van der Waals surface area contributed by atoms with E-state index >= 15 is 0 Å². The van der Waals surface area contributed by atoms with Crippen LogP contribution >= 0.6 is 0 Å². The molecular weight excluding hydrogens is 164 g/mol. The van der Waals surface area contributed by atoms with E-state index in [0.717, 1.165) is 11.3 Å². The quantitative estimate of drug-likeness (QED) is 0.659. The van der Waals surface area contributed by atoms with Gasteiger partial charge in [0.1, 0.15) is 5.75 Å². The fourth-order valence-corrected chi connectivity index (χ4v) is 1.63. The van der Waals surface area contributed by atoms with Crippen LogP contribution in [0.1, 0.15) is 29.2 Å². The number of aliphatic hydroxyl groups is 1. The smallest absolute Gasteiger partial charge is 0.125 e. The molecule has 2 nitrogen and oxygen atoms in total. The van der Waals surface area contributed by atoms with Crippen molar-refractivity contribution >= 4 is 0 Å². The molecule has 0 amide bonds. The van der Waals surface area contributed by atoms with Gasteiger partial charge in [0, 0.05) is 12.0 Å². The molecular formula is C11H14O2. The molecule has 1 unspecified atom stereocenters. The first-order valence-electron chi connectivity index (χ1n) is 4.60. The Balaban J connectivity index is 2.52. The molecule has 0 aromatic heterocycles. The molecule has 1 heterocycles. The molecule has 2 heteroatoms. The summed E-state index contributed by atoms with van der Waals surface area (Å²) < 4.78 is 5.47. The third kappa shape index (κ3) is 1.42. The zero-order valence-corrected chi connectivity index (χ0v) is 8.00. The Bertz CT molecular complexity index is 331. The molecule has 0 aliphatic carbocycles. The van der Waals surface area contributed by atoms with E-state index < -0.39 is 0 Å². The molecule has 2 rings (SSSR count). The number of hydrogen-bond donors (Lipinski definition) is 1. The highest BCUT2D eigenvalue weighted by Gasteiger charge is 2.19. The second-order valence-corrected chi connectivity index (χ2v) is 3.63. The first kappa shape index (κ1) is 8.57. The molecule has 0 radical (unpaired) electrons. The van der Waals surface area contributed by atoms with Crippen molar-refractivity contribution in [1.29, 1.82) is 0 Å². The molecule has 13 heavy (non-hydrogen) atoms. The third-order valence-electron chi connectivity index (χ3n) is 2.63. The van der Waals surface area contributed by atoms with Crippen LogP contribution in [-0.2, 0) is 0 Å². The Hall–Kier alpha value is -1.02. The molecule has 1 aliphatic heterocycles. The molecule has 1 aliphatic rings. The topological polar surface area (TPSA) is 29.5 Å². The third-order valence-corrected chi connectivity index (χ3v) is 2.63. The van der Waals surface area contributed by atoms with E-state index in [1.165, 1.54) is 11.1 Å². The second kappa shape index (κ2) is 3.04. The molecule has 0 fully saturated rings. The van der Waals surface area contributed by atoms with Crippen molar-refractivity contribution < 1.29 is 9.84 Å². The first-order valence-corrected chi connectivity index (χ1v) is 4.60. The average molecular weight is 178 g/mol. The SMILES string of the molecule is Cc1cc2c(cc1C)C(O)CCO2. The van der Waals surface area contributed by atoms with Crippen molar-refractivity contribution in [2.75, 3.05) is 6.61 Å². The molecule has 1 atom stereocenters. The predicted molar refractivity (Wildman–Crippen MR) is 51.0 cm³/mol. The number of aliphatic hydroxyl groups excluding tert-OH is 1. The van der Waals surface area contributed by atoms with E-state index in [0.29, 0.717) is 13.0 Å². The maximum Gasteiger partial charge on any atom is 0.125 e. The first-order chi connectivity index (χ1) is 6.18. The van der Waals surface area contributed by atoms with Gasteiger partial charge in [0.05, 0.1) is 12.7 Å². The summed E-state index contributed by atoms with van der Waals surface area (Å²) in [7, 11) is 0. The van der Waals surface area contributed by atoms with Crippen molar-refractivity contribution in [3.8, 4) is 5.75 Å². The van der Waals surface area contributed by atoms with Gasteiger partial charge in [-0.1, -0.05) is 0 Å². The number of hydrogen-bond acceptors (Lipinski definition) is 2. The van der Waals surface area contributed by atoms with E-state index in [1.54, 1.807) is 0 Å². The monoisotopic (exact) mass is 178 g/mol.